The van der Waals surface area contributed by atoms with Crippen LogP contribution in [0.1, 0.15) is 38.1 Å². The summed E-state index contributed by atoms with van der Waals surface area (Å²) in [7, 11) is 0. The maximum atomic E-state index is 13.4. The van der Waals surface area contributed by atoms with E-state index in [1.165, 1.54) is 18.2 Å². The molecular weight excluding hydrogens is 198 g/mol. The fourth-order valence-corrected chi connectivity index (χ4v) is 1.29. The standard InChI is InChI=1S/C12H16F2O/c1-2-3-6-9-15-12(14)10-7-4-5-8-11(10)13/h4-5,7-8,12H,2-3,6,9H2,1H3. The molecule has 0 N–H and O–H groups in total. The Morgan fingerprint density at radius 2 is 2.00 bits per heavy atom. The molecule has 0 fully saturated rings. The summed E-state index contributed by atoms with van der Waals surface area (Å²) in [6.45, 7) is 2.40. The summed E-state index contributed by atoms with van der Waals surface area (Å²) in [4.78, 5) is 0. The van der Waals surface area contributed by atoms with Gasteiger partial charge in [0.2, 0.25) is 6.36 Å². The van der Waals surface area contributed by atoms with Crippen LogP contribution in [0.5, 0.6) is 0 Å². The number of benzene rings is 1. The first kappa shape index (κ1) is 12.1. The van der Waals surface area contributed by atoms with E-state index in [-0.39, 0.29) is 5.56 Å². The van der Waals surface area contributed by atoms with Crippen molar-refractivity contribution in [2.45, 2.75) is 32.5 Å². The molecular formula is C12H16F2O. The van der Waals surface area contributed by atoms with Gasteiger partial charge in [-0.05, 0) is 12.5 Å². The topological polar surface area (TPSA) is 9.23 Å². The molecule has 1 rings (SSSR count). The molecule has 0 bridgehead atoms. The predicted octanol–water partition coefficient (Wildman–Crippen LogP) is 4.00. The molecule has 1 atom stereocenters. The van der Waals surface area contributed by atoms with Crippen molar-refractivity contribution in [1.82, 2.24) is 0 Å². The van der Waals surface area contributed by atoms with Crippen LogP contribution in [0, 0.1) is 5.82 Å². The zero-order chi connectivity index (χ0) is 11.1. The molecule has 0 spiro atoms. The van der Waals surface area contributed by atoms with Crippen LogP contribution in [0.2, 0.25) is 0 Å². The third kappa shape index (κ3) is 3.96. The zero-order valence-electron chi connectivity index (χ0n) is 8.88. The predicted molar refractivity (Wildman–Crippen MR) is 55.7 cm³/mol. The van der Waals surface area contributed by atoms with Crippen LogP contribution in [-0.4, -0.2) is 6.61 Å². The molecule has 1 aromatic rings. The maximum Gasteiger partial charge on any atom is 0.227 e. The van der Waals surface area contributed by atoms with Gasteiger partial charge in [-0.1, -0.05) is 38.0 Å². The van der Waals surface area contributed by atoms with E-state index in [1.807, 2.05) is 0 Å². The Hall–Kier alpha value is -0.960. The second-order valence-electron chi connectivity index (χ2n) is 3.42. The van der Waals surface area contributed by atoms with Crippen LogP contribution in [0.4, 0.5) is 8.78 Å². The lowest BCUT2D eigenvalue weighted by Crippen LogP contribution is -2.02. The highest BCUT2D eigenvalue weighted by atomic mass is 19.2. The minimum Gasteiger partial charge on any atom is -0.344 e. The third-order valence-electron chi connectivity index (χ3n) is 2.16. The van der Waals surface area contributed by atoms with E-state index in [4.69, 9.17) is 4.74 Å². The highest BCUT2D eigenvalue weighted by molar-refractivity contribution is 5.18. The molecule has 3 heteroatoms. The summed E-state index contributed by atoms with van der Waals surface area (Å²) in [5.74, 6) is -0.555. The summed E-state index contributed by atoms with van der Waals surface area (Å²) >= 11 is 0. The Kier molecular flexibility index (Phi) is 5.26. The Labute approximate surface area is 89.1 Å². The number of hydrogen-bond acceptors (Lipinski definition) is 1. The highest BCUT2D eigenvalue weighted by Gasteiger charge is 2.13. The van der Waals surface area contributed by atoms with Crippen LogP contribution in [0.25, 0.3) is 0 Å². The van der Waals surface area contributed by atoms with Crippen LogP contribution >= 0.6 is 0 Å². The van der Waals surface area contributed by atoms with Gasteiger partial charge < -0.3 is 4.74 Å². The normalized spacial score (nSPS) is 12.7. The van der Waals surface area contributed by atoms with Crippen LogP contribution < -0.4 is 0 Å². The molecule has 0 aliphatic rings. The molecule has 15 heavy (non-hydrogen) atoms. The Morgan fingerprint density at radius 1 is 1.27 bits per heavy atom. The number of halogens is 2. The van der Waals surface area contributed by atoms with E-state index >= 15 is 0 Å². The molecule has 0 aliphatic carbocycles. The van der Waals surface area contributed by atoms with Crippen LogP contribution in [0.15, 0.2) is 24.3 Å². The van der Waals surface area contributed by atoms with Crippen molar-refractivity contribution in [1.29, 1.82) is 0 Å². The zero-order valence-corrected chi connectivity index (χ0v) is 8.88. The van der Waals surface area contributed by atoms with Gasteiger partial charge in [0.1, 0.15) is 5.82 Å². The van der Waals surface area contributed by atoms with Crippen molar-refractivity contribution >= 4 is 0 Å². The van der Waals surface area contributed by atoms with Gasteiger partial charge in [-0.25, -0.2) is 8.78 Å². The lowest BCUT2D eigenvalue weighted by molar-refractivity contribution is -0.0444. The largest absolute Gasteiger partial charge is 0.344 e. The quantitative estimate of drug-likeness (QED) is 0.650. The minimum atomic E-state index is -1.65. The van der Waals surface area contributed by atoms with Gasteiger partial charge in [-0.15, -0.1) is 0 Å². The van der Waals surface area contributed by atoms with E-state index < -0.39 is 12.2 Å². The van der Waals surface area contributed by atoms with E-state index in [0.717, 1.165) is 19.3 Å². The molecule has 0 heterocycles. The first-order chi connectivity index (χ1) is 7.25. The van der Waals surface area contributed by atoms with E-state index in [2.05, 4.69) is 6.92 Å². The summed E-state index contributed by atoms with van der Waals surface area (Å²) < 4.78 is 31.4. The summed E-state index contributed by atoms with van der Waals surface area (Å²) in [6, 6.07) is 5.76. The summed E-state index contributed by atoms with van der Waals surface area (Å²) in [6.07, 6.45) is 1.22. The second kappa shape index (κ2) is 6.51. The number of rotatable bonds is 6. The van der Waals surface area contributed by atoms with Gasteiger partial charge in [-0.3, -0.25) is 0 Å². The average molecular weight is 214 g/mol. The number of hydrogen-bond donors (Lipinski definition) is 0. The molecule has 84 valence electrons. The van der Waals surface area contributed by atoms with Gasteiger partial charge in [0.25, 0.3) is 0 Å². The minimum absolute atomic E-state index is 0.0194. The molecule has 1 nitrogen and oxygen atoms in total. The van der Waals surface area contributed by atoms with Gasteiger partial charge >= 0.3 is 0 Å². The third-order valence-corrected chi connectivity index (χ3v) is 2.16. The number of alkyl halides is 1. The Balaban J connectivity index is 2.40. The fourth-order valence-electron chi connectivity index (χ4n) is 1.29. The molecule has 0 saturated carbocycles. The van der Waals surface area contributed by atoms with Gasteiger partial charge in [-0.2, -0.15) is 0 Å². The Bertz CT molecular complexity index is 289. The van der Waals surface area contributed by atoms with Crippen molar-refractivity contribution in [2.75, 3.05) is 6.61 Å². The van der Waals surface area contributed by atoms with E-state index in [9.17, 15) is 8.78 Å². The number of unbranched alkanes of at least 4 members (excludes halogenated alkanes) is 2. The van der Waals surface area contributed by atoms with Gasteiger partial charge in [0.15, 0.2) is 0 Å². The highest BCUT2D eigenvalue weighted by Crippen LogP contribution is 2.21. The Morgan fingerprint density at radius 3 is 2.67 bits per heavy atom. The fraction of sp³-hybridized carbons (Fsp3) is 0.500. The van der Waals surface area contributed by atoms with Crippen LogP contribution in [0.3, 0.4) is 0 Å². The molecule has 0 saturated heterocycles. The van der Waals surface area contributed by atoms with Crippen molar-refractivity contribution in [3.63, 3.8) is 0 Å². The van der Waals surface area contributed by atoms with Crippen molar-refractivity contribution in [3.05, 3.63) is 35.6 Å². The van der Waals surface area contributed by atoms with Crippen molar-refractivity contribution in [3.8, 4) is 0 Å². The van der Waals surface area contributed by atoms with Gasteiger partial charge in [0.05, 0.1) is 6.61 Å². The number of ether oxygens (including phenoxy) is 1. The maximum absolute atomic E-state index is 13.4. The van der Waals surface area contributed by atoms with Crippen molar-refractivity contribution in [2.24, 2.45) is 0 Å². The van der Waals surface area contributed by atoms with Crippen molar-refractivity contribution < 1.29 is 13.5 Å². The smallest absolute Gasteiger partial charge is 0.227 e. The van der Waals surface area contributed by atoms with E-state index in [0.29, 0.717) is 6.61 Å². The lowest BCUT2D eigenvalue weighted by Gasteiger charge is -2.10. The SMILES string of the molecule is CCCCCOC(F)c1ccccc1F. The second-order valence-corrected chi connectivity index (χ2v) is 3.42. The van der Waals surface area contributed by atoms with Crippen LogP contribution in [-0.2, 0) is 4.74 Å². The molecule has 0 radical (unpaired) electrons. The average Bonchev–Trinajstić information content (AvgIpc) is 2.25. The first-order valence-corrected chi connectivity index (χ1v) is 5.25. The molecule has 0 amide bonds. The van der Waals surface area contributed by atoms with E-state index in [1.54, 1.807) is 6.07 Å². The first-order valence-electron chi connectivity index (χ1n) is 5.25. The molecule has 1 aromatic carbocycles. The van der Waals surface area contributed by atoms with Gasteiger partial charge in [0, 0.05) is 5.56 Å². The summed E-state index contributed by atoms with van der Waals surface area (Å²) in [5, 5.41) is 0. The lowest BCUT2D eigenvalue weighted by atomic mass is 10.2. The molecule has 0 aliphatic heterocycles. The molecule has 1 unspecified atom stereocenters. The molecule has 0 aromatic heterocycles. The summed E-state index contributed by atoms with van der Waals surface area (Å²) in [5.41, 5.74) is -0.0194. The monoisotopic (exact) mass is 214 g/mol.